The predicted molar refractivity (Wildman–Crippen MR) is 133 cm³/mol. The highest BCUT2D eigenvalue weighted by atomic mass is 32.2. The van der Waals surface area contributed by atoms with Crippen LogP contribution in [0.3, 0.4) is 0 Å². The van der Waals surface area contributed by atoms with Gasteiger partial charge in [0.2, 0.25) is 10.0 Å². The minimum Gasteiger partial charge on any atom is -0.267 e. The highest BCUT2D eigenvalue weighted by molar-refractivity contribution is 7.92. The average Bonchev–Trinajstić information content (AvgIpc) is 2.82. The van der Waals surface area contributed by atoms with Gasteiger partial charge in [0.05, 0.1) is 30.3 Å². The summed E-state index contributed by atoms with van der Waals surface area (Å²) in [6.07, 6.45) is 2.71. The molecule has 1 amide bonds. The van der Waals surface area contributed by atoms with E-state index in [1.165, 1.54) is 4.31 Å². The smallest absolute Gasteiger partial charge is 0.267 e. The molecule has 166 valence electrons. The lowest BCUT2D eigenvalue weighted by atomic mass is 10.1. The van der Waals surface area contributed by atoms with Crippen LogP contribution in [0.1, 0.15) is 21.5 Å². The van der Waals surface area contributed by atoms with Crippen LogP contribution in [0.2, 0.25) is 0 Å². The molecule has 0 saturated heterocycles. The molecule has 4 rings (SSSR count). The molecule has 0 saturated carbocycles. The summed E-state index contributed by atoms with van der Waals surface area (Å²) in [6, 6.07) is 29.6. The van der Waals surface area contributed by atoms with Crippen molar-refractivity contribution in [1.82, 2.24) is 5.43 Å². The number of carbonyl (C=O) groups is 1. The molecular weight excluding hydrogens is 434 g/mol. The number of benzene rings is 4. The van der Waals surface area contributed by atoms with Crippen molar-refractivity contribution in [3.63, 3.8) is 0 Å². The third kappa shape index (κ3) is 5.27. The van der Waals surface area contributed by atoms with Crippen molar-refractivity contribution >= 4 is 38.6 Å². The van der Waals surface area contributed by atoms with E-state index in [0.29, 0.717) is 5.69 Å². The highest BCUT2D eigenvalue weighted by Gasteiger charge is 2.23. The van der Waals surface area contributed by atoms with Gasteiger partial charge < -0.3 is 0 Å². The molecule has 33 heavy (non-hydrogen) atoms. The summed E-state index contributed by atoms with van der Waals surface area (Å²) < 4.78 is 26.4. The van der Waals surface area contributed by atoms with Crippen LogP contribution < -0.4 is 9.73 Å². The van der Waals surface area contributed by atoms with Crippen LogP contribution in [-0.2, 0) is 16.6 Å². The van der Waals surface area contributed by atoms with Crippen molar-refractivity contribution < 1.29 is 13.2 Å². The van der Waals surface area contributed by atoms with Crippen molar-refractivity contribution in [3.8, 4) is 0 Å². The number of para-hydroxylation sites is 1. The maximum Gasteiger partial charge on any atom is 0.273 e. The van der Waals surface area contributed by atoms with Gasteiger partial charge in [-0.3, -0.25) is 9.10 Å². The highest BCUT2D eigenvalue weighted by Crippen LogP contribution is 2.25. The van der Waals surface area contributed by atoms with E-state index in [9.17, 15) is 13.2 Å². The van der Waals surface area contributed by atoms with Crippen LogP contribution in [-0.4, -0.2) is 26.8 Å². The number of amides is 1. The van der Waals surface area contributed by atoms with E-state index in [2.05, 4.69) is 10.5 Å². The Morgan fingerprint density at radius 1 is 0.879 bits per heavy atom. The summed E-state index contributed by atoms with van der Waals surface area (Å²) in [6.45, 7) is 0.114. The number of hydrazone groups is 1. The molecule has 0 aliphatic heterocycles. The van der Waals surface area contributed by atoms with E-state index in [1.807, 2.05) is 72.8 Å². The van der Waals surface area contributed by atoms with E-state index in [1.54, 1.807) is 30.5 Å². The summed E-state index contributed by atoms with van der Waals surface area (Å²) in [5.41, 5.74) is 4.72. The minimum absolute atomic E-state index is 0.114. The van der Waals surface area contributed by atoms with Gasteiger partial charge in [-0.2, -0.15) is 5.10 Å². The Morgan fingerprint density at radius 2 is 1.55 bits per heavy atom. The number of hydrogen-bond acceptors (Lipinski definition) is 4. The minimum atomic E-state index is -3.65. The van der Waals surface area contributed by atoms with Gasteiger partial charge in [0.25, 0.3) is 5.91 Å². The Kier molecular flexibility index (Phi) is 6.51. The standard InChI is InChI=1S/C26H23N3O3S/c1-33(31,32)29(19-20-10-3-2-4-11-20)25-17-8-7-16-24(25)26(30)28-27-18-22-14-9-13-21-12-5-6-15-23(21)22/h2-18H,19H2,1H3,(H,28,30)/b27-18+. The zero-order valence-electron chi connectivity index (χ0n) is 18.0. The van der Waals surface area contributed by atoms with Gasteiger partial charge in [-0.25, -0.2) is 13.8 Å². The molecule has 0 fully saturated rings. The fourth-order valence-corrected chi connectivity index (χ4v) is 4.50. The van der Waals surface area contributed by atoms with Crippen LogP contribution in [0.25, 0.3) is 10.8 Å². The number of anilines is 1. The summed E-state index contributed by atoms with van der Waals surface area (Å²) >= 11 is 0. The first-order chi connectivity index (χ1) is 15.9. The third-order valence-corrected chi connectivity index (χ3v) is 6.31. The van der Waals surface area contributed by atoms with Crippen molar-refractivity contribution in [2.24, 2.45) is 5.10 Å². The van der Waals surface area contributed by atoms with Gasteiger partial charge in [0.15, 0.2) is 0 Å². The maximum absolute atomic E-state index is 13.0. The molecule has 0 aromatic heterocycles. The normalized spacial score (nSPS) is 11.5. The van der Waals surface area contributed by atoms with Gasteiger partial charge >= 0.3 is 0 Å². The Labute approximate surface area is 193 Å². The second-order valence-corrected chi connectivity index (χ2v) is 9.45. The zero-order valence-corrected chi connectivity index (χ0v) is 18.9. The fraction of sp³-hybridized carbons (Fsp3) is 0.0769. The predicted octanol–water partition coefficient (Wildman–Crippen LogP) is 4.57. The maximum atomic E-state index is 13.0. The topological polar surface area (TPSA) is 78.8 Å². The molecule has 0 atom stereocenters. The number of hydrogen-bond donors (Lipinski definition) is 1. The SMILES string of the molecule is CS(=O)(=O)N(Cc1ccccc1)c1ccccc1C(=O)N/N=C/c1cccc2ccccc12. The van der Waals surface area contributed by atoms with Gasteiger partial charge in [0.1, 0.15) is 0 Å². The van der Waals surface area contributed by atoms with Crippen LogP contribution in [0.15, 0.2) is 102 Å². The lowest BCUT2D eigenvalue weighted by Gasteiger charge is -2.24. The molecule has 0 unspecified atom stereocenters. The van der Waals surface area contributed by atoms with Crippen LogP contribution >= 0.6 is 0 Å². The molecule has 6 nitrogen and oxygen atoms in total. The number of carbonyl (C=O) groups excluding carboxylic acids is 1. The van der Waals surface area contributed by atoms with Crippen molar-refractivity contribution in [2.45, 2.75) is 6.54 Å². The van der Waals surface area contributed by atoms with Crippen molar-refractivity contribution in [3.05, 3.63) is 114 Å². The molecule has 1 N–H and O–H groups in total. The van der Waals surface area contributed by atoms with E-state index in [4.69, 9.17) is 0 Å². The molecule has 4 aromatic carbocycles. The van der Waals surface area contributed by atoms with Gasteiger partial charge in [-0.1, -0.05) is 84.9 Å². The third-order valence-electron chi connectivity index (χ3n) is 5.18. The monoisotopic (exact) mass is 457 g/mol. The van der Waals surface area contributed by atoms with Crippen molar-refractivity contribution in [1.29, 1.82) is 0 Å². The van der Waals surface area contributed by atoms with E-state index in [0.717, 1.165) is 28.2 Å². The van der Waals surface area contributed by atoms with Crippen LogP contribution in [0.5, 0.6) is 0 Å². The number of nitrogens with zero attached hydrogens (tertiary/aromatic N) is 2. The zero-order chi connectivity index (χ0) is 23.3. The lowest BCUT2D eigenvalue weighted by molar-refractivity contribution is 0.0956. The summed E-state index contributed by atoms with van der Waals surface area (Å²) in [7, 11) is -3.65. The average molecular weight is 458 g/mol. The number of sulfonamides is 1. The number of rotatable bonds is 7. The molecule has 0 heterocycles. The second kappa shape index (κ2) is 9.67. The Morgan fingerprint density at radius 3 is 2.33 bits per heavy atom. The lowest BCUT2D eigenvalue weighted by Crippen LogP contribution is -2.32. The first-order valence-electron chi connectivity index (χ1n) is 10.4. The molecule has 0 spiro atoms. The molecule has 7 heteroatoms. The van der Waals surface area contributed by atoms with Gasteiger partial charge in [-0.05, 0) is 28.5 Å². The van der Waals surface area contributed by atoms with Crippen LogP contribution in [0.4, 0.5) is 5.69 Å². The molecule has 0 radical (unpaired) electrons. The Bertz CT molecular complexity index is 1410. The first-order valence-corrected chi connectivity index (χ1v) is 12.2. The molecule has 4 aromatic rings. The van der Waals surface area contributed by atoms with Gasteiger partial charge in [-0.15, -0.1) is 0 Å². The number of fused-ring (bicyclic) bond motifs is 1. The molecular formula is C26H23N3O3S. The van der Waals surface area contributed by atoms with E-state index in [-0.39, 0.29) is 12.1 Å². The van der Waals surface area contributed by atoms with E-state index >= 15 is 0 Å². The molecule has 0 bridgehead atoms. The summed E-state index contributed by atoms with van der Waals surface area (Å²) in [5, 5.41) is 6.21. The number of nitrogens with one attached hydrogen (secondary N) is 1. The first kappa shape index (κ1) is 22.2. The van der Waals surface area contributed by atoms with Crippen LogP contribution in [0, 0.1) is 0 Å². The largest absolute Gasteiger partial charge is 0.273 e. The molecule has 0 aliphatic carbocycles. The summed E-state index contributed by atoms with van der Waals surface area (Å²) in [5.74, 6) is -0.496. The Balaban J connectivity index is 1.60. The quantitative estimate of drug-likeness (QED) is 0.326. The Hall–Kier alpha value is -3.97. The van der Waals surface area contributed by atoms with Gasteiger partial charge in [0, 0.05) is 5.56 Å². The van der Waals surface area contributed by atoms with Crippen molar-refractivity contribution in [2.75, 3.05) is 10.6 Å². The summed E-state index contributed by atoms with van der Waals surface area (Å²) in [4.78, 5) is 13.0. The fourth-order valence-electron chi connectivity index (χ4n) is 3.60. The van der Waals surface area contributed by atoms with E-state index < -0.39 is 15.9 Å². The molecule has 0 aliphatic rings. The second-order valence-electron chi connectivity index (χ2n) is 7.54.